The van der Waals surface area contributed by atoms with E-state index in [-0.39, 0.29) is 11.4 Å². The van der Waals surface area contributed by atoms with Crippen LogP contribution in [0.1, 0.15) is 31.7 Å². The number of carbonyl (C=O) groups excluding carboxylic acids is 1. The molecule has 0 radical (unpaired) electrons. The second-order valence-corrected chi connectivity index (χ2v) is 7.05. The van der Waals surface area contributed by atoms with E-state index in [1.54, 1.807) is 17.5 Å². The second kappa shape index (κ2) is 6.72. The van der Waals surface area contributed by atoms with E-state index in [9.17, 15) is 4.79 Å². The van der Waals surface area contributed by atoms with Crippen molar-refractivity contribution in [2.75, 3.05) is 18.1 Å². The van der Waals surface area contributed by atoms with E-state index in [4.69, 9.17) is 0 Å². The average molecular weight is 299 g/mol. The minimum atomic E-state index is -0.340. The highest BCUT2D eigenvalue weighted by Crippen LogP contribution is 2.26. The third-order valence-electron chi connectivity index (χ3n) is 3.46. The minimum Gasteiger partial charge on any atom is -0.344 e. The Bertz CT molecular complexity index is 404. The van der Waals surface area contributed by atoms with Crippen LogP contribution in [-0.2, 0) is 10.3 Å². The molecule has 2 atom stereocenters. The summed E-state index contributed by atoms with van der Waals surface area (Å²) < 4.78 is 0. The predicted molar refractivity (Wildman–Crippen MR) is 81.6 cm³/mol. The van der Waals surface area contributed by atoms with Crippen LogP contribution in [0.4, 0.5) is 0 Å². The molecule has 1 aliphatic heterocycles. The largest absolute Gasteiger partial charge is 0.344 e. The first-order valence-corrected chi connectivity index (χ1v) is 8.69. The number of hydrogen-bond donors (Lipinski definition) is 2. The summed E-state index contributed by atoms with van der Waals surface area (Å²) in [5.74, 6) is 2.27. The molecule has 1 aromatic rings. The zero-order valence-corrected chi connectivity index (χ0v) is 13.1. The third kappa shape index (κ3) is 3.94. The number of aromatic nitrogens is 1. The van der Waals surface area contributed by atoms with Crippen LogP contribution < -0.4 is 10.6 Å². The molecule has 0 aromatic carbocycles. The van der Waals surface area contributed by atoms with Crippen molar-refractivity contribution in [1.29, 1.82) is 0 Å². The van der Waals surface area contributed by atoms with Crippen LogP contribution in [0.25, 0.3) is 0 Å². The first-order valence-electron chi connectivity index (χ1n) is 6.66. The quantitative estimate of drug-likeness (QED) is 0.873. The molecule has 2 N–H and O–H groups in total. The van der Waals surface area contributed by atoms with Gasteiger partial charge in [0.05, 0.1) is 5.54 Å². The second-order valence-electron chi connectivity index (χ2n) is 5.00. The number of rotatable bonds is 5. The molecule has 2 heterocycles. The van der Waals surface area contributed by atoms with Crippen molar-refractivity contribution in [3.05, 3.63) is 16.6 Å². The number of nitrogens with one attached hydrogen (secondary N) is 2. The molecule has 6 heteroatoms. The molecular formula is C13H21N3OS2. The highest BCUT2D eigenvalue weighted by atomic mass is 32.2. The number of thioether (sulfide) groups is 1. The van der Waals surface area contributed by atoms with Gasteiger partial charge >= 0.3 is 0 Å². The lowest BCUT2D eigenvalue weighted by atomic mass is 9.99. The van der Waals surface area contributed by atoms with E-state index in [1.807, 2.05) is 24.1 Å². The molecule has 1 fully saturated rings. The van der Waals surface area contributed by atoms with Crippen molar-refractivity contribution in [2.24, 2.45) is 0 Å². The lowest BCUT2D eigenvalue weighted by Gasteiger charge is -2.29. The third-order valence-corrected chi connectivity index (χ3v) is 5.62. The van der Waals surface area contributed by atoms with Gasteiger partial charge in [-0.1, -0.05) is 6.92 Å². The van der Waals surface area contributed by atoms with Crippen molar-refractivity contribution < 1.29 is 4.79 Å². The van der Waals surface area contributed by atoms with Gasteiger partial charge in [0.15, 0.2) is 0 Å². The molecule has 4 nitrogen and oxygen atoms in total. The molecule has 19 heavy (non-hydrogen) atoms. The van der Waals surface area contributed by atoms with Crippen LogP contribution in [0.2, 0.25) is 0 Å². The van der Waals surface area contributed by atoms with Gasteiger partial charge in [-0.15, -0.1) is 11.3 Å². The molecule has 1 aromatic heterocycles. The Morgan fingerprint density at radius 1 is 1.68 bits per heavy atom. The fourth-order valence-electron chi connectivity index (χ4n) is 2.12. The number of hydrogen-bond acceptors (Lipinski definition) is 5. The minimum absolute atomic E-state index is 0.111. The van der Waals surface area contributed by atoms with E-state index >= 15 is 0 Å². The normalized spacial score (nSPS) is 22.7. The summed E-state index contributed by atoms with van der Waals surface area (Å²) in [7, 11) is 0. The summed E-state index contributed by atoms with van der Waals surface area (Å²) in [4.78, 5) is 16.5. The summed E-state index contributed by atoms with van der Waals surface area (Å²) in [6.07, 6.45) is 3.19. The van der Waals surface area contributed by atoms with E-state index in [2.05, 4.69) is 22.5 Å². The molecular weight excluding hydrogens is 278 g/mol. The Morgan fingerprint density at radius 3 is 3.11 bits per heavy atom. The first-order chi connectivity index (χ1) is 9.14. The SMILES string of the molecule is CCC(C)(NC(=O)CC1CSCCN1)c1nccs1. The van der Waals surface area contributed by atoms with Gasteiger partial charge in [-0.3, -0.25) is 4.79 Å². The molecule has 2 rings (SSSR count). The summed E-state index contributed by atoms with van der Waals surface area (Å²) >= 11 is 3.51. The van der Waals surface area contributed by atoms with E-state index in [1.165, 1.54) is 0 Å². The maximum Gasteiger partial charge on any atom is 0.222 e. The number of carbonyl (C=O) groups is 1. The van der Waals surface area contributed by atoms with Gasteiger partial charge in [0.1, 0.15) is 5.01 Å². The van der Waals surface area contributed by atoms with E-state index < -0.39 is 0 Å². The van der Waals surface area contributed by atoms with E-state index in [0.29, 0.717) is 12.5 Å². The zero-order valence-electron chi connectivity index (χ0n) is 11.4. The van der Waals surface area contributed by atoms with Gasteiger partial charge in [0, 0.05) is 42.1 Å². The Kier molecular flexibility index (Phi) is 5.24. The predicted octanol–water partition coefficient (Wildman–Crippen LogP) is 1.98. The number of amides is 1. The van der Waals surface area contributed by atoms with Crippen LogP contribution in [0, 0.1) is 0 Å². The van der Waals surface area contributed by atoms with Crippen LogP contribution >= 0.6 is 23.1 Å². The number of nitrogens with zero attached hydrogens (tertiary/aromatic N) is 1. The maximum atomic E-state index is 12.2. The van der Waals surface area contributed by atoms with Gasteiger partial charge in [-0.25, -0.2) is 4.98 Å². The molecule has 0 bridgehead atoms. The Morgan fingerprint density at radius 2 is 2.53 bits per heavy atom. The van der Waals surface area contributed by atoms with Gasteiger partial charge in [-0.2, -0.15) is 11.8 Å². The summed E-state index contributed by atoms with van der Waals surface area (Å²) in [6.45, 7) is 5.13. The van der Waals surface area contributed by atoms with Crippen molar-refractivity contribution in [3.63, 3.8) is 0 Å². The highest BCUT2D eigenvalue weighted by molar-refractivity contribution is 7.99. The van der Waals surface area contributed by atoms with Gasteiger partial charge in [0.2, 0.25) is 5.91 Å². The van der Waals surface area contributed by atoms with Crippen molar-refractivity contribution in [1.82, 2.24) is 15.6 Å². The zero-order chi connectivity index (χ0) is 13.7. The fourth-order valence-corrected chi connectivity index (χ4v) is 3.90. The highest BCUT2D eigenvalue weighted by Gasteiger charge is 2.30. The summed E-state index contributed by atoms with van der Waals surface area (Å²) in [6, 6.07) is 0.302. The van der Waals surface area contributed by atoms with Gasteiger partial charge in [-0.05, 0) is 13.3 Å². The standard InChI is InChI=1S/C13H21N3OS2/c1-3-13(2,12-15-5-7-19-12)16-11(17)8-10-9-18-6-4-14-10/h5,7,10,14H,3-4,6,8-9H2,1-2H3,(H,16,17). The maximum absolute atomic E-state index is 12.2. The number of thiazole rings is 1. The smallest absolute Gasteiger partial charge is 0.222 e. The van der Waals surface area contributed by atoms with Crippen LogP contribution in [0.3, 0.4) is 0 Å². The molecule has 1 amide bonds. The summed E-state index contributed by atoms with van der Waals surface area (Å²) in [5.41, 5.74) is -0.340. The molecule has 0 spiro atoms. The van der Waals surface area contributed by atoms with Crippen molar-refractivity contribution in [2.45, 2.75) is 38.3 Å². The first kappa shape index (κ1) is 14.8. The van der Waals surface area contributed by atoms with Crippen LogP contribution in [0.5, 0.6) is 0 Å². The molecule has 0 saturated carbocycles. The van der Waals surface area contributed by atoms with Crippen molar-refractivity contribution in [3.8, 4) is 0 Å². The lowest BCUT2D eigenvalue weighted by molar-refractivity contribution is -0.123. The van der Waals surface area contributed by atoms with Crippen molar-refractivity contribution >= 4 is 29.0 Å². The molecule has 1 saturated heterocycles. The van der Waals surface area contributed by atoms with E-state index in [0.717, 1.165) is 29.5 Å². The Balaban J connectivity index is 1.92. The molecule has 0 aliphatic carbocycles. The lowest BCUT2D eigenvalue weighted by Crippen LogP contribution is -2.47. The topological polar surface area (TPSA) is 54.0 Å². The monoisotopic (exact) mass is 299 g/mol. The fraction of sp³-hybridized carbons (Fsp3) is 0.692. The Hall–Kier alpha value is -0.590. The van der Waals surface area contributed by atoms with Crippen LogP contribution in [0.15, 0.2) is 11.6 Å². The van der Waals surface area contributed by atoms with Gasteiger partial charge < -0.3 is 10.6 Å². The molecule has 1 aliphatic rings. The molecule has 2 unspecified atom stereocenters. The molecule has 106 valence electrons. The summed E-state index contributed by atoms with van der Waals surface area (Å²) in [5, 5.41) is 9.48. The van der Waals surface area contributed by atoms with Gasteiger partial charge in [0.25, 0.3) is 0 Å². The Labute approximate surface area is 122 Å². The van der Waals surface area contributed by atoms with Crippen LogP contribution in [-0.4, -0.2) is 35.0 Å². The average Bonchev–Trinajstić information content (AvgIpc) is 2.94.